The Morgan fingerprint density at radius 2 is 0.850 bits per heavy atom. The molecular formula is C55H54F6N14O5. The molecule has 0 atom stereocenters. The second-order valence-electron chi connectivity index (χ2n) is 19.9. The Kier molecular flexibility index (Phi) is 16.2. The van der Waals surface area contributed by atoms with E-state index in [1.165, 1.54) is 35.0 Å². The van der Waals surface area contributed by atoms with Gasteiger partial charge in [-0.15, -0.1) is 0 Å². The van der Waals surface area contributed by atoms with Crippen molar-refractivity contribution in [3.8, 4) is 22.5 Å². The molecule has 0 saturated carbocycles. The lowest BCUT2D eigenvalue weighted by molar-refractivity contribution is -0.138. The highest BCUT2D eigenvalue weighted by Gasteiger charge is 2.33. The van der Waals surface area contributed by atoms with Crippen molar-refractivity contribution in [2.75, 3.05) is 43.4 Å². The number of carbonyl (C=O) groups is 5. The number of nitrogen functional groups attached to an aromatic ring is 2. The van der Waals surface area contributed by atoms with E-state index in [4.69, 9.17) is 22.9 Å². The normalized spacial score (nSPS) is 11.7. The van der Waals surface area contributed by atoms with Crippen LogP contribution in [0.25, 0.3) is 33.3 Å². The second-order valence-corrected chi connectivity index (χ2v) is 19.9. The molecule has 8 rings (SSSR count). The van der Waals surface area contributed by atoms with Gasteiger partial charge < -0.3 is 54.8 Å². The number of hydrogen-bond donors (Lipinski definition) is 10. The average molecular weight is 1110 g/mol. The van der Waals surface area contributed by atoms with Crippen LogP contribution in [0.1, 0.15) is 73.4 Å². The maximum absolute atomic E-state index is 13.2. The number of benzene rings is 6. The van der Waals surface area contributed by atoms with E-state index in [0.717, 1.165) is 40.7 Å². The number of nitrogens with two attached hydrogens (primary N) is 4. The van der Waals surface area contributed by atoms with Crippen molar-refractivity contribution in [2.24, 2.45) is 11.5 Å². The van der Waals surface area contributed by atoms with Gasteiger partial charge in [0.25, 0.3) is 11.8 Å². The molecule has 0 radical (unpaired) electrons. The zero-order valence-corrected chi connectivity index (χ0v) is 43.6. The van der Waals surface area contributed by atoms with Gasteiger partial charge in [0.1, 0.15) is 34.2 Å². The summed E-state index contributed by atoms with van der Waals surface area (Å²) in [5, 5.41) is 26.0. The fourth-order valence-electron chi connectivity index (χ4n) is 8.13. The second kappa shape index (κ2) is 22.5. The maximum atomic E-state index is 13.2. The number of rotatable bonds is 10. The van der Waals surface area contributed by atoms with Crippen LogP contribution in [-0.2, 0) is 23.4 Å². The fraction of sp³-hybridized carbons (Fsp3) is 0.182. The van der Waals surface area contributed by atoms with Gasteiger partial charge in [0, 0.05) is 33.6 Å². The summed E-state index contributed by atoms with van der Waals surface area (Å²) in [7, 11) is 0. The molecule has 416 valence electrons. The SMILES string of the molecule is CC(C)(C)n1nc(-c2ccc(NC(=O)Nc3cccc(C(F)(F)F)c3)c(NC(=O)Nc3cccc(C(F)(F)F)c3)c2)c(C(N)=O)c1N.CC(C)(C)n1nc(-c2ccc(NC(=O)Nc3cccc4ccccc34)cc2)c(C(N)=O)c1N. The van der Waals surface area contributed by atoms with E-state index >= 15 is 0 Å². The number of carbonyl (C=O) groups excluding carboxylic acids is 5. The molecular weight excluding hydrogens is 1050 g/mol. The number of primary amides is 2. The van der Waals surface area contributed by atoms with Crippen molar-refractivity contribution >= 4 is 86.4 Å². The first-order chi connectivity index (χ1) is 37.4. The summed E-state index contributed by atoms with van der Waals surface area (Å²) >= 11 is 0. The molecule has 0 aliphatic heterocycles. The van der Waals surface area contributed by atoms with Crippen molar-refractivity contribution in [1.29, 1.82) is 0 Å². The summed E-state index contributed by atoms with van der Waals surface area (Å²) in [5.74, 6) is -1.37. The number of fused-ring (bicyclic) bond motifs is 1. The summed E-state index contributed by atoms with van der Waals surface area (Å²) in [5.41, 5.74) is 22.4. The van der Waals surface area contributed by atoms with Gasteiger partial charge in [-0.1, -0.05) is 66.7 Å². The van der Waals surface area contributed by atoms with Crippen LogP contribution in [0.15, 0.2) is 133 Å². The Labute approximate surface area is 453 Å². The molecule has 25 heteroatoms. The Morgan fingerprint density at radius 1 is 0.438 bits per heavy atom. The molecule has 0 fully saturated rings. The molecule has 14 N–H and O–H groups in total. The van der Waals surface area contributed by atoms with Crippen LogP contribution in [0.3, 0.4) is 0 Å². The highest BCUT2D eigenvalue weighted by Crippen LogP contribution is 2.37. The van der Waals surface area contributed by atoms with Crippen molar-refractivity contribution < 1.29 is 50.3 Å². The third-order valence-corrected chi connectivity index (χ3v) is 11.7. The molecule has 80 heavy (non-hydrogen) atoms. The number of nitrogens with zero attached hydrogens (tertiary/aromatic N) is 4. The smallest absolute Gasteiger partial charge is 0.383 e. The van der Waals surface area contributed by atoms with E-state index in [0.29, 0.717) is 29.1 Å². The largest absolute Gasteiger partial charge is 0.416 e. The zero-order valence-electron chi connectivity index (χ0n) is 43.6. The van der Waals surface area contributed by atoms with E-state index in [9.17, 15) is 50.3 Å². The molecule has 6 aromatic carbocycles. The maximum Gasteiger partial charge on any atom is 0.416 e. The van der Waals surface area contributed by atoms with Crippen LogP contribution in [0.2, 0.25) is 0 Å². The van der Waals surface area contributed by atoms with Crippen LogP contribution in [0.4, 0.5) is 86.5 Å². The molecule has 0 bridgehead atoms. The molecule has 8 amide bonds. The summed E-state index contributed by atoms with van der Waals surface area (Å²) < 4.78 is 81.9. The molecule has 0 unspecified atom stereocenters. The molecule has 8 aromatic rings. The van der Waals surface area contributed by atoms with Crippen LogP contribution in [0, 0.1) is 0 Å². The lowest BCUT2D eigenvalue weighted by Crippen LogP contribution is -2.25. The first-order valence-electron chi connectivity index (χ1n) is 24.1. The minimum absolute atomic E-state index is 0.0197. The van der Waals surface area contributed by atoms with Gasteiger partial charge in [0.2, 0.25) is 0 Å². The molecule has 19 nitrogen and oxygen atoms in total. The number of anilines is 8. The van der Waals surface area contributed by atoms with Crippen LogP contribution >= 0.6 is 0 Å². The van der Waals surface area contributed by atoms with Gasteiger partial charge in [-0.2, -0.15) is 36.5 Å². The van der Waals surface area contributed by atoms with Crippen molar-refractivity contribution in [3.05, 3.63) is 156 Å². The predicted molar refractivity (Wildman–Crippen MR) is 296 cm³/mol. The van der Waals surface area contributed by atoms with E-state index in [2.05, 4.69) is 42.1 Å². The molecule has 2 heterocycles. The van der Waals surface area contributed by atoms with Crippen LogP contribution in [-0.4, -0.2) is 49.5 Å². The van der Waals surface area contributed by atoms with Crippen molar-refractivity contribution in [3.63, 3.8) is 0 Å². The van der Waals surface area contributed by atoms with Gasteiger partial charge in [-0.3, -0.25) is 9.59 Å². The number of amides is 8. The van der Waals surface area contributed by atoms with Gasteiger partial charge >= 0.3 is 30.4 Å². The van der Waals surface area contributed by atoms with Gasteiger partial charge in [-0.05, 0) is 114 Å². The average Bonchev–Trinajstić information content (AvgIpc) is 3.98. The Morgan fingerprint density at radius 3 is 1.32 bits per heavy atom. The summed E-state index contributed by atoms with van der Waals surface area (Å²) in [6.07, 6.45) is -9.34. The standard InChI is InChI=1S/C30H28F6N8O3.C25H26N6O2/c1-28(2,3)44-24(37)22(25(38)45)23(43-44)15-10-11-20(41-26(46)39-18-8-4-6-16(13-18)29(31,32)33)21(12-15)42-27(47)40-19-9-5-7-17(14-19)30(34,35)36;1-25(2,3)31-22(26)20(23(27)32)21(30-31)16-11-13-17(14-12-16)28-24(33)29-19-10-6-8-15-7-4-5-9-18(15)19/h4-14H,37H2,1-3H3,(H2,38,45)(H2,39,41,46)(H2,40,42,47);4-14H,26H2,1-3H3,(H2,27,32)(H2,28,29,33). The molecule has 0 spiro atoms. The number of hydrogen-bond acceptors (Lipinski definition) is 9. The minimum atomic E-state index is -4.68. The molecule has 0 aliphatic carbocycles. The fourth-order valence-corrected chi connectivity index (χ4v) is 8.13. The monoisotopic (exact) mass is 1100 g/mol. The van der Waals surface area contributed by atoms with E-state index < -0.39 is 58.4 Å². The molecule has 2 aromatic heterocycles. The number of aromatic nitrogens is 4. The molecule has 0 saturated heterocycles. The number of urea groups is 3. The number of halogens is 6. The van der Waals surface area contributed by atoms with Gasteiger partial charge in [-0.25, -0.2) is 23.7 Å². The third kappa shape index (κ3) is 13.5. The summed E-state index contributed by atoms with van der Waals surface area (Å²) in [6, 6.07) is 29.8. The number of alkyl halides is 6. The summed E-state index contributed by atoms with van der Waals surface area (Å²) in [6.45, 7) is 11.1. The number of nitrogens with one attached hydrogen (secondary N) is 6. The Balaban J connectivity index is 0.000000245. The van der Waals surface area contributed by atoms with Crippen LogP contribution < -0.4 is 54.8 Å². The first kappa shape index (κ1) is 57.6. The highest BCUT2D eigenvalue weighted by molar-refractivity contribution is 6.09. The van der Waals surface area contributed by atoms with Gasteiger partial charge in [0.15, 0.2) is 0 Å². The Hall–Kier alpha value is -10.1. The summed E-state index contributed by atoms with van der Waals surface area (Å²) in [4.78, 5) is 62.8. The Bertz CT molecular complexity index is 3670. The van der Waals surface area contributed by atoms with E-state index in [-0.39, 0.29) is 62.8 Å². The zero-order chi connectivity index (χ0) is 58.6. The quantitative estimate of drug-likeness (QED) is 0.0582. The lowest BCUT2D eigenvalue weighted by atomic mass is 10.0. The van der Waals surface area contributed by atoms with Crippen molar-refractivity contribution in [2.45, 2.75) is 65.0 Å². The van der Waals surface area contributed by atoms with E-state index in [1.54, 1.807) is 49.7 Å². The van der Waals surface area contributed by atoms with Crippen molar-refractivity contribution in [1.82, 2.24) is 19.6 Å². The van der Waals surface area contributed by atoms with Gasteiger partial charge in [0.05, 0.1) is 39.3 Å². The highest BCUT2D eigenvalue weighted by atomic mass is 19.4. The third-order valence-electron chi connectivity index (χ3n) is 11.7. The predicted octanol–water partition coefficient (Wildman–Crippen LogP) is 12.1. The lowest BCUT2D eigenvalue weighted by Gasteiger charge is -2.20. The first-order valence-corrected chi connectivity index (χ1v) is 24.1. The van der Waals surface area contributed by atoms with E-state index in [1.807, 2.05) is 63.2 Å². The molecule has 0 aliphatic rings. The topological polar surface area (TPSA) is 297 Å². The van der Waals surface area contributed by atoms with Crippen LogP contribution in [0.5, 0.6) is 0 Å². The minimum Gasteiger partial charge on any atom is -0.383 e.